The Morgan fingerprint density at radius 1 is 1.27 bits per heavy atom. The van der Waals surface area contributed by atoms with E-state index in [2.05, 4.69) is 25.8 Å². The van der Waals surface area contributed by atoms with Crippen molar-refractivity contribution >= 4 is 33.6 Å². The highest BCUT2D eigenvalue weighted by molar-refractivity contribution is 9.10. The summed E-state index contributed by atoms with van der Waals surface area (Å²) in [5, 5.41) is 3.92. The number of thioether (sulfide) groups is 1. The van der Waals surface area contributed by atoms with E-state index < -0.39 is 0 Å². The number of amides is 1. The van der Waals surface area contributed by atoms with Crippen molar-refractivity contribution in [2.24, 2.45) is 0 Å². The maximum atomic E-state index is 13.2. The number of nitrogens with one attached hydrogen (secondary N) is 1. The van der Waals surface area contributed by atoms with Crippen molar-refractivity contribution < 1.29 is 9.18 Å². The molecule has 4 nitrogen and oxygen atoms in total. The highest BCUT2D eigenvalue weighted by atomic mass is 79.9. The minimum atomic E-state index is -0.278. The molecule has 2 aromatic carbocycles. The molecule has 7 heteroatoms. The lowest BCUT2D eigenvalue weighted by Crippen LogP contribution is -2.24. The Labute approximate surface area is 163 Å². The molecule has 1 aliphatic heterocycles. The molecular weight excluding hydrogens is 417 g/mol. The van der Waals surface area contributed by atoms with Crippen molar-refractivity contribution in [1.29, 1.82) is 0 Å². The number of nitrogens with zero attached hydrogens (tertiary/aromatic N) is 2. The Kier molecular flexibility index (Phi) is 4.82. The number of hydrogen-bond acceptors (Lipinski definition) is 3. The van der Waals surface area contributed by atoms with Gasteiger partial charge >= 0.3 is 0 Å². The largest absolute Gasteiger partial charge is 0.346 e. The van der Waals surface area contributed by atoms with Gasteiger partial charge in [-0.3, -0.25) is 4.79 Å². The maximum Gasteiger partial charge on any atom is 0.251 e. The van der Waals surface area contributed by atoms with Crippen LogP contribution in [0, 0.1) is 5.82 Å². The second-order valence-corrected chi connectivity index (χ2v) is 7.87. The highest BCUT2D eigenvalue weighted by Gasteiger charge is 2.23. The second-order valence-electron chi connectivity index (χ2n) is 5.89. The zero-order valence-corrected chi connectivity index (χ0v) is 16.1. The van der Waals surface area contributed by atoms with E-state index in [0.717, 1.165) is 38.9 Å². The lowest BCUT2D eigenvalue weighted by Gasteiger charge is -2.10. The van der Waals surface area contributed by atoms with E-state index in [1.54, 1.807) is 36.0 Å². The van der Waals surface area contributed by atoms with Crippen LogP contribution in [0.2, 0.25) is 0 Å². The summed E-state index contributed by atoms with van der Waals surface area (Å²) in [5.74, 6) is 0.551. The summed E-state index contributed by atoms with van der Waals surface area (Å²) in [6.45, 7) is 1.22. The number of rotatable bonds is 4. The average molecular weight is 432 g/mol. The van der Waals surface area contributed by atoms with Crippen LogP contribution in [0.1, 0.15) is 16.1 Å². The van der Waals surface area contributed by atoms with Gasteiger partial charge in [-0.05, 0) is 42.5 Å². The molecular formula is C19H15BrFN3OS. The number of halogens is 2. The molecule has 1 aliphatic rings. The van der Waals surface area contributed by atoms with Gasteiger partial charge in [0.25, 0.3) is 5.91 Å². The molecule has 0 fully saturated rings. The second kappa shape index (κ2) is 7.25. The third kappa shape index (κ3) is 3.41. The van der Waals surface area contributed by atoms with Gasteiger partial charge in [0, 0.05) is 27.9 Å². The molecule has 0 spiro atoms. The number of aromatic nitrogens is 2. The van der Waals surface area contributed by atoms with Crippen molar-refractivity contribution in [1.82, 2.24) is 14.9 Å². The SMILES string of the molecule is O=C(NCc1c(-c2ccc(F)cc2)nc2n1CCS2)c1cccc(Br)c1. The molecule has 1 aromatic heterocycles. The number of fused-ring (bicyclic) bond motifs is 1. The van der Waals surface area contributed by atoms with Crippen molar-refractivity contribution in [2.45, 2.75) is 18.2 Å². The number of carbonyl (C=O) groups is 1. The first kappa shape index (κ1) is 17.3. The Morgan fingerprint density at radius 3 is 2.85 bits per heavy atom. The molecule has 1 N–H and O–H groups in total. The van der Waals surface area contributed by atoms with E-state index >= 15 is 0 Å². The summed E-state index contributed by atoms with van der Waals surface area (Å²) in [7, 11) is 0. The van der Waals surface area contributed by atoms with Crippen molar-refractivity contribution in [2.75, 3.05) is 5.75 Å². The first-order valence-corrected chi connectivity index (χ1v) is 9.91. The standard InChI is InChI=1S/C19H15BrFN3OS/c20-14-3-1-2-13(10-14)18(25)22-11-16-17(12-4-6-15(21)7-5-12)23-19-24(16)8-9-26-19/h1-7,10H,8-9,11H2,(H,22,25). The number of imidazole rings is 1. The van der Waals surface area contributed by atoms with Crippen molar-refractivity contribution in [3.8, 4) is 11.3 Å². The fourth-order valence-electron chi connectivity index (χ4n) is 2.95. The molecule has 1 amide bonds. The van der Waals surface area contributed by atoms with E-state index in [1.807, 2.05) is 12.1 Å². The first-order valence-electron chi connectivity index (χ1n) is 8.14. The third-order valence-electron chi connectivity index (χ3n) is 4.20. The number of hydrogen-bond donors (Lipinski definition) is 1. The molecule has 26 heavy (non-hydrogen) atoms. The van der Waals surface area contributed by atoms with E-state index in [1.165, 1.54) is 12.1 Å². The summed E-state index contributed by atoms with van der Waals surface area (Å²) in [5.41, 5.74) is 3.18. The highest BCUT2D eigenvalue weighted by Crippen LogP contribution is 2.33. The molecule has 132 valence electrons. The van der Waals surface area contributed by atoms with Crippen LogP contribution in [0.5, 0.6) is 0 Å². The fourth-order valence-corrected chi connectivity index (χ4v) is 4.32. The summed E-state index contributed by atoms with van der Waals surface area (Å²) < 4.78 is 16.2. The van der Waals surface area contributed by atoms with Crippen LogP contribution >= 0.6 is 27.7 Å². The normalized spacial score (nSPS) is 12.8. The van der Waals surface area contributed by atoms with Gasteiger partial charge < -0.3 is 9.88 Å². The average Bonchev–Trinajstić information content (AvgIpc) is 3.22. The minimum absolute atomic E-state index is 0.141. The molecule has 0 saturated heterocycles. The van der Waals surface area contributed by atoms with Gasteiger partial charge in [-0.25, -0.2) is 9.37 Å². The van der Waals surface area contributed by atoms with E-state index in [9.17, 15) is 9.18 Å². The maximum absolute atomic E-state index is 13.2. The van der Waals surface area contributed by atoms with Gasteiger partial charge in [0.2, 0.25) is 0 Å². The molecule has 2 heterocycles. The molecule has 3 aromatic rings. The molecule has 0 radical (unpaired) electrons. The topological polar surface area (TPSA) is 46.9 Å². The Bertz CT molecular complexity index is 971. The van der Waals surface area contributed by atoms with Crippen LogP contribution in [0.25, 0.3) is 11.3 Å². The van der Waals surface area contributed by atoms with Crippen LogP contribution in [0.3, 0.4) is 0 Å². The smallest absolute Gasteiger partial charge is 0.251 e. The van der Waals surface area contributed by atoms with Gasteiger partial charge in [-0.15, -0.1) is 0 Å². The lowest BCUT2D eigenvalue weighted by molar-refractivity contribution is 0.0950. The van der Waals surface area contributed by atoms with Crippen molar-refractivity contribution in [3.05, 3.63) is 70.1 Å². The predicted octanol–water partition coefficient (Wildman–Crippen LogP) is 4.49. The van der Waals surface area contributed by atoms with Gasteiger partial charge in [0.1, 0.15) is 5.82 Å². The van der Waals surface area contributed by atoms with Gasteiger partial charge in [-0.2, -0.15) is 0 Å². The van der Waals surface area contributed by atoms with Crippen LogP contribution in [0.15, 0.2) is 58.2 Å². The van der Waals surface area contributed by atoms with Gasteiger partial charge in [-0.1, -0.05) is 33.8 Å². The lowest BCUT2D eigenvalue weighted by atomic mass is 10.1. The van der Waals surface area contributed by atoms with Crippen LogP contribution < -0.4 is 5.32 Å². The van der Waals surface area contributed by atoms with E-state index in [4.69, 9.17) is 4.98 Å². The van der Waals surface area contributed by atoms with Crippen LogP contribution in [0.4, 0.5) is 4.39 Å². The Hall–Kier alpha value is -2.12. The molecule has 0 aliphatic carbocycles. The number of benzene rings is 2. The zero-order chi connectivity index (χ0) is 18.1. The fraction of sp³-hybridized carbons (Fsp3) is 0.158. The molecule has 0 bridgehead atoms. The predicted molar refractivity (Wildman–Crippen MR) is 104 cm³/mol. The van der Waals surface area contributed by atoms with E-state index in [0.29, 0.717) is 12.1 Å². The summed E-state index contributed by atoms with van der Waals surface area (Å²) in [6.07, 6.45) is 0. The Morgan fingerprint density at radius 2 is 2.08 bits per heavy atom. The van der Waals surface area contributed by atoms with Crippen LogP contribution in [-0.2, 0) is 13.1 Å². The quantitative estimate of drug-likeness (QED) is 0.661. The van der Waals surface area contributed by atoms with Crippen molar-refractivity contribution in [3.63, 3.8) is 0 Å². The summed E-state index contributed by atoms with van der Waals surface area (Å²) in [6, 6.07) is 13.6. The Balaban J connectivity index is 1.61. The molecule has 0 atom stereocenters. The molecule has 0 unspecified atom stereocenters. The van der Waals surface area contributed by atoms with Gasteiger partial charge in [0.15, 0.2) is 5.16 Å². The molecule has 4 rings (SSSR count). The third-order valence-corrected chi connectivity index (χ3v) is 5.65. The van der Waals surface area contributed by atoms with Gasteiger partial charge in [0.05, 0.1) is 17.9 Å². The first-order chi connectivity index (χ1) is 12.6. The van der Waals surface area contributed by atoms with E-state index in [-0.39, 0.29) is 11.7 Å². The minimum Gasteiger partial charge on any atom is -0.346 e. The zero-order valence-electron chi connectivity index (χ0n) is 13.7. The summed E-state index contributed by atoms with van der Waals surface area (Å²) in [4.78, 5) is 17.2. The monoisotopic (exact) mass is 431 g/mol. The number of carbonyl (C=O) groups excluding carboxylic acids is 1. The summed E-state index contributed by atoms with van der Waals surface area (Å²) >= 11 is 5.07. The van der Waals surface area contributed by atoms with Crippen LogP contribution in [-0.4, -0.2) is 21.2 Å². The molecule has 0 saturated carbocycles.